The minimum absolute atomic E-state index is 0.241. The lowest BCUT2D eigenvalue weighted by Gasteiger charge is -2.47. The largest absolute Gasteiger partial charge is 0.343 e. The van der Waals surface area contributed by atoms with Gasteiger partial charge < -0.3 is 21.3 Å². The van der Waals surface area contributed by atoms with Crippen LogP contribution in [-0.4, -0.2) is 86.3 Å². The first-order chi connectivity index (χ1) is 20.8. The fourth-order valence-electron chi connectivity index (χ4n) is 6.03. The molecule has 0 saturated carbocycles. The van der Waals surface area contributed by atoms with Gasteiger partial charge in [0.2, 0.25) is 23.6 Å². The first-order valence-corrected chi connectivity index (χ1v) is 14.7. The highest BCUT2D eigenvalue weighted by Gasteiger charge is 2.51. The summed E-state index contributed by atoms with van der Waals surface area (Å²) in [5, 5.41) is 11.2. The summed E-state index contributed by atoms with van der Waals surface area (Å²) < 4.78 is 0. The molecule has 12 nitrogen and oxygen atoms in total. The molecule has 12 heteroatoms. The van der Waals surface area contributed by atoms with Crippen LogP contribution in [-0.2, 0) is 19.2 Å². The molecular formula is C31H38N8O4. The molecule has 0 bridgehead atoms. The molecule has 4 atom stereocenters. The molecule has 0 radical (unpaired) electrons. The minimum atomic E-state index is -0.782. The second kappa shape index (κ2) is 13.3. The van der Waals surface area contributed by atoms with Crippen molar-refractivity contribution in [3.8, 4) is 0 Å². The molecule has 2 fully saturated rings. The van der Waals surface area contributed by atoms with Crippen molar-refractivity contribution in [3.05, 3.63) is 73.1 Å². The predicted molar refractivity (Wildman–Crippen MR) is 161 cm³/mol. The first kappa shape index (κ1) is 30.1. The topological polar surface area (TPSA) is 149 Å². The number of likely N-dealkylation sites (tertiary alicyclic amines) is 2. The third-order valence-corrected chi connectivity index (χ3v) is 8.16. The van der Waals surface area contributed by atoms with Crippen LogP contribution in [0.1, 0.15) is 39.5 Å². The van der Waals surface area contributed by atoms with E-state index in [9.17, 15) is 19.2 Å². The summed E-state index contributed by atoms with van der Waals surface area (Å²) >= 11 is 0. The Morgan fingerprint density at radius 1 is 0.744 bits per heavy atom. The Bertz CT molecular complexity index is 1280. The highest BCUT2D eigenvalue weighted by molar-refractivity contribution is 5.98. The van der Waals surface area contributed by atoms with E-state index in [1.165, 1.54) is 0 Å². The van der Waals surface area contributed by atoms with Gasteiger partial charge in [0.05, 0.1) is 12.1 Å². The summed E-state index contributed by atoms with van der Waals surface area (Å²) in [7, 11) is 0. The molecule has 2 saturated heterocycles. The molecule has 4 N–H and O–H groups in total. The van der Waals surface area contributed by atoms with Gasteiger partial charge in [0.1, 0.15) is 29.4 Å². The number of carbonyl (C=O) groups excluding carboxylic acids is 4. The Hall–Kier alpha value is -4.42. The van der Waals surface area contributed by atoms with Crippen LogP contribution in [0.2, 0.25) is 0 Å². The van der Waals surface area contributed by atoms with Crippen molar-refractivity contribution in [1.29, 1.82) is 0 Å². The molecule has 4 amide bonds. The summed E-state index contributed by atoms with van der Waals surface area (Å²) in [6.07, 6.45) is 13.9. The fraction of sp³-hybridized carbons (Fsp3) is 0.419. The number of rotatable bonds is 10. The average molecular weight is 587 g/mol. The Morgan fingerprint density at radius 3 is 1.58 bits per heavy atom. The highest BCUT2D eigenvalue weighted by atomic mass is 16.2. The maximum Gasteiger partial charge on any atom is 0.247 e. The zero-order chi connectivity index (χ0) is 30.4. The highest BCUT2D eigenvalue weighted by Crippen LogP contribution is 2.39. The normalized spacial score (nSPS) is 22.6. The van der Waals surface area contributed by atoms with Gasteiger partial charge in [0.25, 0.3) is 0 Å². The van der Waals surface area contributed by atoms with E-state index in [2.05, 4.69) is 41.0 Å². The fourth-order valence-corrected chi connectivity index (χ4v) is 6.03. The summed E-state index contributed by atoms with van der Waals surface area (Å²) in [4.78, 5) is 65.1. The maximum atomic E-state index is 13.6. The maximum absolute atomic E-state index is 13.6. The van der Waals surface area contributed by atoms with Crippen LogP contribution in [0.4, 0.5) is 11.6 Å². The van der Waals surface area contributed by atoms with Crippen molar-refractivity contribution in [2.75, 3.05) is 23.7 Å². The number of pyridine rings is 2. The number of nitrogens with one attached hydrogen (secondary N) is 4. The molecule has 1 aliphatic carbocycles. The summed E-state index contributed by atoms with van der Waals surface area (Å²) in [6.45, 7) is 4.59. The standard InChI is InChI=1S/C31H38N8O4/c1-21(27(40)36-25-13-3-7-17-32-25)34-29(42)23-11-9-19-38(23)31(15-5-6-16-31)39-20-10-12-24(39)30(43)35-22(2)28(41)37-26-14-4-8-18-33-26/h3-8,13-18,21-24H,9-12,19-20H2,1-2H3,(H,34,42)(H,35,43)(H,32,36,40)(H,33,37,41)/t21-,22-,23+,24+/m1/s1. The van der Waals surface area contributed by atoms with Crippen molar-refractivity contribution < 1.29 is 19.2 Å². The third-order valence-electron chi connectivity index (χ3n) is 8.16. The lowest BCUT2D eigenvalue weighted by molar-refractivity contribution is -0.135. The van der Waals surface area contributed by atoms with Gasteiger partial charge in [-0.05, 0) is 75.9 Å². The Balaban J connectivity index is 1.26. The molecule has 2 aromatic heterocycles. The van der Waals surface area contributed by atoms with E-state index < -0.39 is 29.8 Å². The van der Waals surface area contributed by atoms with Gasteiger partial charge in [0.15, 0.2) is 0 Å². The monoisotopic (exact) mass is 586 g/mol. The molecule has 0 aromatic carbocycles. The van der Waals surface area contributed by atoms with Gasteiger partial charge in [-0.25, -0.2) is 9.97 Å². The van der Waals surface area contributed by atoms with E-state index in [1.807, 2.05) is 24.3 Å². The number of hydrogen-bond donors (Lipinski definition) is 4. The summed E-state index contributed by atoms with van der Waals surface area (Å²) in [5.41, 5.74) is -0.782. The van der Waals surface area contributed by atoms with E-state index in [4.69, 9.17) is 0 Å². The van der Waals surface area contributed by atoms with E-state index in [0.29, 0.717) is 37.6 Å². The molecule has 2 aliphatic heterocycles. The average Bonchev–Trinajstić information content (AvgIpc) is 3.79. The van der Waals surface area contributed by atoms with Crippen LogP contribution in [0.3, 0.4) is 0 Å². The molecule has 0 unspecified atom stereocenters. The number of carbonyl (C=O) groups is 4. The number of amides is 4. The molecule has 226 valence electrons. The number of allylic oxidation sites excluding steroid dienone is 2. The summed E-state index contributed by atoms with van der Waals surface area (Å²) in [5.74, 6) is -0.367. The smallest absolute Gasteiger partial charge is 0.247 e. The second-order valence-corrected chi connectivity index (χ2v) is 11.1. The molecule has 4 heterocycles. The quantitative estimate of drug-likeness (QED) is 0.330. The lowest BCUT2D eigenvalue weighted by Crippen LogP contribution is -2.65. The Labute approximate surface area is 251 Å². The van der Waals surface area contributed by atoms with Crippen LogP contribution < -0.4 is 21.3 Å². The Kier molecular flexibility index (Phi) is 9.27. The zero-order valence-electron chi connectivity index (χ0n) is 24.4. The van der Waals surface area contributed by atoms with Gasteiger partial charge in [-0.3, -0.25) is 29.0 Å². The van der Waals surface area contributed by atoms with Crippen LogP contribution in [0.15, 0.2) is 73.1 Å². The van der Waals surface area contributed by atoms with Crippen molar-refractivity contribution in [1.82, 2.24) is 30.4 Å². The van der Waals surface area contributed by atoms with Crippen LogP contribution in [0.25, 0.3) is 0 Å². The number of anilines is 2. The number of aromatic nitrogens is 2. The molecule has 2 aromatic rings. The zero-order valence-corrected chi connectivity index (χ0v) is 24.4. The van der Waals surface area contributed by atoms with Gasteiger partial charge in [-0.2, -0.15) is 0 Å². The first-order valence-electron chi connectivity index (χ1n) is 14.7. The van der Waals surface area contributed by atoms with Crippen molar-refractivity contribution in [2.45, 2.75) is 69.4 Å². The summed E-state index contributed by atoms with van der Waals surface area (Å²) in [6, 6.07) is 7.89. The SMILES string of the molecule is C[C@@H](NC(=O)[C@@H]1CCCN1C1(N2CCC[C@H]2C(=O)N[C@H](C)C(=O)Nc2ccccn2)C=CC=C1)C(=O)Nc1ccccn1. The van der Waals surface area contributed by atoms with Gasteiger partial charge >= 0.3 is 0 Å². The molecule has 5 rings (SSSR count). The van der Waals surface area contributed by atoms with Gasteiger partial charge in [-0.1, -0.05) is 24.3 Å². The molecule has 3 aliphatic rings. The molecule has 43 heavy (non-hydrogen) atoms. The van der Waals surface area contributed by atoms with E-state index in [0.717, 1.165) is 12.8 Å². The Morgan fingerprint density at radius 2 is 1.19 bits per heavy atom. The molecule has 0 spiro atoms. The van der Waals surface area contributed by atoms with Crippen LogP contribution in [0, 0.1) is 0 Å². The third kappa shape index (κ3) is 6.65. The minimum Gasteiger partial charge on any atom is -0.343 e. The number of nitrogens with zero attached hydrogens (tertiary/aromatic N) is 4. The predicted octanol–water partition coefficient (Wildman–Crippen LogP) is 1.81. The van der Waals surface area contributed by atoms with Crippen molar-refractivity contribution >= 4 is 35.3 Å². The van der Waals surface area contributed by atoms with Crippen LogP contribution in [0.5, 0.6) is 0 Å². The second-order valence-electron chi connectivity index (χ2n) is 11.1. The van der Waals surface area contributed by atoms with Crippen molar-refractivity contribution in [3.63, 3.8) is 0 Å². The van der Waals surface area contributed by atoms with E-state index in [-0.39, 0.29) is 23.6 Å². The van der Waals surface area contributed by atoms with E-state index >= 15 is 0 Å². The van der Waals surface area contributed by atoms with Crippen LogP contribution >= 0.6 is 0 Å². The van der Waals surface area contributed by atoms with E-state index in [1.54, 1.807) is 62.6 Å². The van der Waals surface area contributed by atoms with Gasteiger partial charge in [0, 0.05) is 25.5 Å². The van der Waals surface area contributed by atoms with Gasteiger partial charge in [-0.15, -0.1) is 0 Å². The number of hydrogen-bond acceptors (Lipinski definition) is 8. The lowest BCUT2D eigenvalue weighted by atomic mass is 10.0. The van der Waals surface area contributed by atoms with Crippen molar-refractivity contribution in [2.24, 2.45) is 0 Å². The molecular weight excluding hydrogens is 548 g/mol.